The minimum atomic E-state index is -3.01. The first-order valence-corrected chi connectivity index (χ1v) is 8.85. The molecular formula is C15H15N3O4S. The van der Waals surface area contributed by atoms with E-state index in [1.165, 1.54) is 0 Å². The summed E-state index contributed by atoms with van der Waals surface area (Å²) >= 11 is 0. The first-order valence-electron chi connectivity index (χ1n) is 7.03. The third-order valence-corrected chi connectivity index (χ3v) is 5.41. The predicted molar refractivity (Wildman–Crippen MR) is 83.9 cm³/mol. The molecule has 2 heterocycles. The van der Waals surface area contributed by atoms with Gasteiger partial charge in [0.1, 0.15) is 11.8 Å². The number of nitrogens with zero attached hydrogens (tertiary/aromatic N) is 2. The standard InChI is InChI=1S/C15H15N3O4S/c1-21-12-4-2-10(3-5-12)14-18-13(8-16)15(22-14)17-11-6-7-23(19,20)9-11/h2-5,11,17H,6-7,9H2,1H3. The van der Waals surface area contributed by atoms with E-state index in [1.807, 2.05) is 6.07 Å². The Morgan fingerprint density at radius 3 is 2.70 bits per heavy atom. The van der Waals surface area contributed by atoms with Crippen LogP contribution in [0.2, 0.25) is 0 Å². The molecule has 0 amide bonds. The van der Waals surface area contributed by atoms with Crippen LogP contribution in [-0.4, -0.2) is 38.1 Å². The fraction of sp³-hybridized carbons (Fsp3) is 0.333. The summed E-state index contributed by atoms with van der Waals surface area (Å²) in [5.74, 6) is 1.39. The van der Waals surface area contributed by atoms with Crippen LogP contribution in [0.1, 0.15) is 12.1 Å². The van der Waals surface area contributed by atoms with Gasteiger partial charge in [0.05, 0.1) is 18.6 Å². The Hall–Kier alpha value is -2.53. The van der Waals surface area contributed by atoms with Crippen molar-refractivity contribution in [3.05, 3.63) is 30.0 Å². The van der Waals surface area contributed by atoms with Crippen LogP contribution in [0.3, 0.4) is 0 Å². The van der Waals surface area contributed by atoms with Gasteiger partial charge in [0, 0.05) is 11.6 Å². The Morgan fingerprint density at radius 2 is 2.13 bits per heavy atom. The van der Waals surface area contributed by atoms with Crippen molar-refractivity contribution >= 4 is 15.7 Å². The van der Waals surface area contributed by atoms with Gasteiger partial charge in [-0.1, -0.05) is 0 Å². The number of hydrogen-bond donors (Lipinski definition) is 1. The highest BCUT2D eigenvalue weighted by atomic mass is 32.2. The maximum Gasteiger partial charge on any atom is 0.232 e. The molecule has 0 aliphatic carbocycles. The molecule has 1 fully saturated rings. The molecule has 0 spiro atoms. The fourth-order valence-corrected chi connectivity index (χ4v) is 4.12. The molecule has 3 rings (SSSR count). The first-order chi connectivity index (χ1) is 11.0. The number of nitrogens with one attached hydrogen (secondary N) is 1. The van der Waals surface area contributed by atoms with Crippen molar-refractivity contribution in [3.8, 4) is 23.3 Å². The molecule has 1 unspecified atom stereocenters. The monoisotopic (exact) mass is 333 g/mol. The Balaban J connectivity index is 1.84. The summed E-state index contributed by atoms with van der Waals surface area (Å²) in [6.45, 7) is 0. The fourth-order valence-electron chi connectivity index (χ4n) is 2.45. The van der Waals surface area contributed by atoms with E-state index in [4.69, 9.17) is 9.15 Å². The van der Waals surface area contributed by atoms with Crippen molar-refractivity contribution in [2.45, 2.75) is 12.5 Å². The van der Waals surface area contributed by atoms with E-state index in [1.54, 1.807) is 31.4 Å². The Kier molecular flexibility index (Phi) is 3.96. The van der Waals surface area contributed by atoms with Crippen molar-refractivity contribution in [1.82, 2.24) is 4.98 Å². The molecule has 2 aromatic rings. The summed E-state index contributed by atoms with van der Waals surface area (Å²) in [6, 6.07) is 8.78. The van der Waals surface area contributed by atoms with Crippen LogP contribution in [0.5, 0.6) is 5.75 Å². The van der Waals surface area contributed by atoms with Crippen LogP contribution in [0.15, 0.2) is 28.7 Å². The molecule has 1 aromatic carbocycles. The third kappa shape index (κ3) is 3.29. The molecule has 0 saturated carbocycles. The molecule has 1 aliphatic heterocycles. The van der Waals surface area contributed by atoms with Crippen LogP contribution < -0.4 is 10.1 Å². The second kappa shape index (κ2) is 5.93. The van der Waals surface area contributed by atoms with E-state index < -0.39 is 9.84 Å². The zero-order valence-electron chi connectivity index (χ0n) is 12.4. The highest BCUT2D eigenvalue weighted by Crippen LogP contribution is 2.28. The largest absolute Gasteiger partial charge is 0.497 e. The quantitative estimate of drug-likeness (QED) is 0.909. The number of benzene rings is 1. The van der Waals surface area contributed by atoms with Gasteiger partial charge in [0.25, 0.3) is 0 Å². The lowest BCUT2D eigenvalue weighted by Crippen LogP contribution is -2.20. The molecule has 0 bridgehead atoms. The first kappa shape index (κ1) is 15.4. The number of rotatable bonds is 4. The lowest BCUT2D eigenvalue weighted by Gasteiger charge is -2.08. The Bertz CT molecular complexity index is 850. The van der Waals surface area contributed by atoms with Gasteiger partial charge < -0.3 is 14.5 Å². The van der Waals surface area contributed by atoms with E-state index in [0.29, 0.717) is 23.6 Å². The zero-order chi connectivity index (χ0) is 16.4. The summed E-state index contributed by atoms with van der Waals surface area (Å²) in [5, 5.41) is 12.2. The van der Waals surface area contributed by atoms with Crippen molar-refractivity contribution in [3.63, 3.8) is 0 Å². The molecule has 1 atom stereocenters. The van der Waals surface area contributed by atoms with Crippen LogP contribution >= 0.6 is 0 Å². The van der Waals surface area contributed by atoms with Crippen molar-refractivity contribution < 1.29 is 17.6 Å². The van der Waals surface area contributed by atoms with Gasteiger partial charge in [-0.2, -0.15) is 10.2 Å². The Labute approximate surface area is 133 Å². The van der Waals surface area contributed by atoms with Gasteiger partial charge in [-0.3, -0.25) is 0 Å². The zero-order valence-corrected chi connectivity index (χ0v) is 13.3. The lowest BCUT2D eigenvalue weighted by atomic mass is 10.2. The topological polar surface area (TPSA) is 105 Å². The predicted octanol–water partition coefficient (Wildman–Crippen LogP) is 1.82. The van der Waals surface area contributed by atoms with Crippen LogP contribution in [0.25, 0.3) is 11.5 Å². The van der Waals surface area contributed by atoms with Crippen molar-refractivity contribution in [2.75, 3.05) is 23.9 Å². The molecule has 23 heavy (non-hydrogen) atoms. The van der Waals surface area contributed by atoms with Gasteiger partial charge in [-0.25, -0.2) is 8.42 Å². The van der Waals surface area contributed by atoms with Crippen LogP contribution in [-0.2, 0) is 9.84 Å². The highest BCUT2D eigenvalue weighted by molar-refractivity contribution is 7.91. The van der Waals surface area contributed by atoms with Crippen LogP contribution in [0, 0.1) is 11.3 Å². The summed E-state index contributed by atoms with van der Waals surface area (Å²) in [5.41, 5.74) is 0.814. The molecule has 1 aromatic heterocycles. The van der Waals surface area contributed by atoms with Gasteiger partial charge in [0.15, 0.2) is 9.84 Å². The number of oxazole rings is 1. The number of aromatic nitrogens is 1. The van der Waals surface area contributed by atoms with E-state index >= 15 is 0 Å². The van der Waals surface area contributed by atoms with E-state index in [0.717, 1.165) is 0 Å². The number of sulfone groups is 1. The minimum absolute atomic E-state index is 0.0381. The number of anilines is 1. The molecular weight excluding hydrogens is 318 g/mol. The average molecular weight is 333 g/mol. The number of ether oxygens (including phenoxy) is 1. The van der Waals surface area contributed by atoms with Gasteiger partial charge in [0.2, 0.25) is 17.5 Å². The summed E-state index contributed by atoms with van der Waals surface area (Å²) in [6.07, 6.45) is 0.492. The van der Waals surface area contributed by atoms with Crippen molar-refractivity contribution in [2.24, 2.45) is 0 Å². The molecule has 8 heteroatoms. The number of nitriles is 1. The second-order valence-electron chi connectivity index (χ2n) is 5.28. The summed E-state index contributed by atoms with van der Waals surface area (Å²) in [7, 11) is -1.43. The molecule has 120 valence electrons. The van der Waals surface area contributed by atoms with Gasteiger partial charge >= 0.3 is 0 Å². The normalized spacial score (nSPS) is 19.2. The number of methoxy groups -OCH3 is 1. The van der Waals surface area contributed by atoms with Crippen LogP contribution in [0.4, 0.5) is 5.88 Å². The maximum atomic E-state index is 11.5. The SMILES string of the molecule is COc1ccc(-c2nc(C#N)c(NC3CCS(=O)(=O)C3)o2)cc1. The highest BCUT2D eigenvalue weighted by Gasteiger charge is 2.29. The molecule has 0 radical (unpaired) electrons. The average Bonchev–Trinajstić information content (AvgIpc) is 3.10. The minimum Gasteiger partial charge on any atom is -0.497 e. The van der Waals surface area contributed by atoms with Gasteiger partial charge in [-0.05, 0) is 30.7 Å². The smallest absolute Gasteiger partial charge is 0.232 e. The Morgan fingerprint density at radius 1 is 1.39 bits per heavy atom. The summed E-state index contributed by atoms with van der Waals surface area (Å²) in [4.78, 5) is 4.15. The molecule has 1 saturated heterocycles. The molecule has 7 nitrogen and oxygen atoms in total. The molecule has 1 N–H and O–H groups in total. The van der Waals surface area contributed by atoms with Gasteiger partial charge in [-0.15, -0.1) is 0 Å². The lowest BCUT2D eigenvalue weighted by molar-refractivity contribution is 0.415. The summed E-state index contributed by atoms with van der Waals surface area (Å²) < 4.78 is 33.7. The second-order valence-corrected chi connectivity index (χ2v) is 7.51. The van der Waals surface area contributed by atoms with E-state index in [2.05, 4.69) is 10.3 Å². The number of hydrogen-bond acceptors (Lipinski definition) is 7. The van der Waals surface area contributed by atoms with Crippen molar-refractivity contribution in [1.29, 1.82) is 5.26 Å². The van der Waals surface area contributed by atoms with E-state index in [-0.39, 0.29) is 29.1 Å². The molecule has 1 aliphatic rings. The third-order valence-electron chi connectivity index (χ3n) is 3.64. The van der Waals surface area contributed by atoms with E-state index in [9.17, 15) is 13.7 Å². The maximum absolute atomic E-state index is 11.5.